The molecular formula is C8H11N3O3. The molecule has 1 atom stereocenters. The van der Waals surface area contributed by atoms with Crippen molar-refractivity contribution >= 4 is 11.5 Å². The van der Waals surface area contributed by atoms with Crippen LogP contribution in [0.25, 0.3) is 0 Å². The van der Waals surface area contributed by atoms with Crippen LogP contribution >= 0.6 is 0 Å². The van der Waals surface area contributed by atoms with E-state index in [1.165, 1.54) is 18.3 Å². The summed E-state index contributed by atoms with van der Waals surface area (Å²) in [7, 11) is 0. The normalized spacial score (nSPS) is 12.1. The van der Waals surface area contributed by atoms with E-state index in [0.29, 0.717) is 0 Å². The highest BCUT2D eigenvalue weighted by atomic mass is 16.6. The third kappa shape index (κ3) is 2.67. The summed E-state index contributed by atoms with van der Waals surface area (Å²) in [5.74, 6) is 0.179. The molecule has 2 N–H and O–H groups in total. The number of hydrogen-bond donors (Lipinski definition) is 2. The van der Waals surface area contributed by atoms with Gasteiger partial charge in [-0.15, -0.1) is 0 Å². The molecule has 0 saturated carbocycles. The topological polar surface area (TPSA) is 88.3 Å². The molecule has 1 aromatic rings. The van der Waals surface area contributed by atoms with Gasteiger partial charge in [0.15, 0.2) is 0 Å². The summed E-state index contributed by atoms with van der Waals surface area (Å²) < 4.78 is 0. The van der Waals surface area contributed by atoms with Crippen LogP contribution < -0.4 is 5.32 Å². The molecule has 1 unspecified atom stereocenters. The van der Waals surface area contributed by atoms with Crippen LogP contribution in [-0.4, -0.2) is 27.7 Å². The van der Waals surface area contributed by atoms with Gasteiger partial charge in [0, 0.05) is 18.8 Å². The van der Waals surface area contributed by atoms with Crippen LogP contribution in [0, 0.1) is 10.1 Å². The maximum atomic E-state index is 10.5. The number of aromatic nitrogens is 1. The van der Waals surface area contributed by atoms with Crippen molar-refractivity contribution in [3.63, 3.8) is 0 Å². The zero-order chi connectivity index (χ0) is 10.6. The second kappa shape index (κ2) is 4.52. The molecule has 6 heteroatoms. The van der Waals surface area contributed by atoms with E-state index in [4.69, 9.17) is 5.11 Å². The van der Waals surface area contributed by atoms with Gasteiger partial charge in [-0.1, -0.05) is 0 Å². The second-order valence-corrected chi connectivity index (χ2v) is 2.86. The third-order valence-corrected chi connectivity index (χ3v) is 1.55. The Morgan fingerprint density at radius 2 is 2.50 bits per heavy atom. The monoisotopic (exact) mass is 197 g/mol. The van der Waals surface area contributed by atoms with Crippen molar-refractivity contribution in [2.45, 2.75) is 13.0 Å². The molecule has 1 aromatic heterocycles. The first-order valence-electron chi connectivity index (χ1n) is 4.12. The molecule has 76 valence electrons. The van der Waals surface area contributed by atoms with Gasteiger partial charge in [-0.2, -0.15) is 0 Å². The van der Waals surface area contributed by atoms with E-state index in [2.05, 4.69) is 10.3 Å². The standard InChI is InChI=1S/C8H11N3O3/c1-6(12)5-10-8-7(11(13)14)3-2-4-9-8/h2-4,6,12H,5H2,1H3,(H,9,10). The first kappa shape index (κ1) is 10.4. The van der Waals surface area contributed by atoms with Crippen LogP contribution in [0.2, 0.25) is 0 Å². The smallest absolute Gasteiger partial charge is 0.311 e. The summed E-state index contributed by atoms with van der Waals surface area (Å²) in [5.41, 5.74) is -0.0897. The van der Waals surface area contributed by atoms with Gasteiger partial charge in [0.25, 0.3) is 0 Å². The predicted octanol–water partition coefficient (Wildman–Crippen LogP) is 0.782. The highest BCUT2D eigenvalue weighted by molar-refractivity contribution is 5.54. The minimum absolute atomic E-state index is 0.0897. The number of nitrogens with zero attached hydrogens (tertiary/aromatic N) is 2. The first-order valence-corrected chi connectivity index (χ1v) is 4.12. The zero-order valence-corrected chi connectivity index (χ0v) is 7.67. The third-order valence-electron chi connectivity index (χ3n) is 1.55. The Morgan fingerprint density at radius 1 is 1.79 bits per heavy atom. The van der Waals surface area contributed by atoms with Gasteiger partial charge in [0.2, 0.25) is 5.82 Å². The van der Waals surface area contributed by atoms with E-state index in [0.717, 1.165) is 0 Å². The molecule has 0 bridgehead atoms. The predicted molar refractivity (Wildman–Crippen MR) is 51.1 cm³/mol. The Bertz CT molecular complexity index is 327. The molecule has 0 spiro atoms. The summed E-state index contributed by atoms with van der Waals surface area (Å²) in [6, 6.07) is 2.85. The summed E-state index contributed by atoms with van der Waals surface area (Å²) in [6.07, 6.45) is 0.883. The average molecular weight is 197 g/mol. The first-order chi connectivity index (χ1) is 6.61. The number of nitrogens with one attached hydrogen (secondary N) is 1. The number of pyridine rings is 1. The van der Waals surface area contributed by atoms with E-state index in [1.807, 2.05) is 0 Å². The van der Waals surface area contributed by atoms with Crippen molar-refractivity contribution in [2.75, 3.05) is 11.9 Å². The summed E-state index contributed by atoms with van der Waals surface area (Å²) in [6.45, 7) is 1.82. The highest BCUT2D eigenvalue weighted by Gasteiger charge is 2.13. The van der Waals surface area contributed by atoms with Gasteiger partial charge in [-0.05, 0) is 13.0 Å². The molecule has 0 saturated heterocycles. The van der Waals surface area contributed by atoms with Crippen LogP contribution in [0.15, 0.2) is 18.3 Å². The van der Waals surface area contributed by atoms with Gasteiger partial charge in [0.1, 0.15) is 0 Å². The van der Waals surface area contributed by atoms with Crippen molar-refractivity contribution in [3.8, 4) is 0 Å². The van der Waals surface area contributed by atoms with Gasteiger partial charge in [0.05, 0.1) is 11.0 Å². The number of rotatable bonds is 4. The average Bonchev–Trinajstić information content (AvgIpc) is 2.15. The number of aliphatic hydroxyl groups is 1. The van der Waals surface area contributed by atoms with Crippen molar-refractivity contribution in [2.24, 2.45) is 0 Å². The van der Waals surface area contributed by atoms with Gasteiger partial charge in [-0.25, -0.2) is 4.98 Å². The van der Waals surface area contributed by atoms with E-state index in [9.17, 15) is 10.1 Å². The minimum Gasteiger partial charge on any atom is -0.392 e. The largest absolute Gasteiger partial charge is 0.392 e. The molecule has 14 heavy (non-hydrogen) atoms. The molecular weight excluding hydrogens is 186 g/mol. The SMILES string of the molecule is CC(O)CNc1ncccc1[N+](=O)[O-]. The van der Waals surface area contributed by atoms with Crippen LogP contribution in [0.3, 0.4) is 0 Å². The second-order valence-electron chi connectivity index (χ2n) is 2.86. The fourth-order valence-corrected chi connectivity index (χ4v) is 0.925. The molecule has 0 aliphatic carbocycles. The van der Waals surface area contributed by atoms with Crippen molar-refractivity contribution in [3.05, 3.63) is 28.4 Å². The number of nitro groups is 1. The Labute approximate surface area is 80.7 Å². The number of aliphatic hydroxyl groups excluding tert-OH is 1. The Morgan fingerprint density at radius 3 is 3.07 bits per heavy atom. The zero-order valence-electron chi connectivity index (χ0n) is 7.67. The van der Waals surface area contributed by atoms with E-state index < -0.39 is 11.0 Å². The molecule has 0 amide bonds. The highest BCUT2D eigenvalue weighted by Crippen LogP contribution is 2.19. The molecule has 6 nitrogen and oxygen atoms in total. The quantitative estimate of drug-likeness (QED) is 0.550. The molecule has 0 radical (unpaired) electrons. The summed E-state index contributed by atoms with van der Waals surface area (Å²) in [5, 5.41) is 22.2. The Balaban J connectivity index is 2.79. The lowest BCUT2D eigenvalue weighted by Gasteiger charge is -2.06. The Hall–Kier alpha value is -1.69. The van der Waals surface area contributed by atoms with Crippen molar-refractivity contribution in [1.82, 2.24) is 4.98 Å². The Kier molecular flexibility index (Phi) is 3.35. The molecule has 0 fully saturated rings. The minimum atomic E-state index is -0.573. The van der Waals surface area contributed by atoms with Gasteiger partial charge < -0.3 is 10.4 Å². The molecule has 0 aliphatic rings. The summed E-state index contributed by atoms with van der Waals surface area (Å²) in [4.78, 5) is 13.8. The van der Waals surface area contributed by atoms with E-state index >= 15 is 0 Å². The fraction of sp³-hybridized carbons (Fsp3) is 0.375. The lowest BCUT2D eigenvalue weighted by atomic mass is 10.3. The van der Waals surface area contributed by atoms with Gasteiger partial charge >= 0.3 is 5.69 Å². The number of hydrogen-bond acceptors (Lipinski definition) is 5. The maximum absolute atomic E-state index is 10.5. The molecule has 0 aliphatic heterocycles. The van der Waals surface area contributed by atoms with Crippen LogP contribution in [-0.2, 0) is 0 Å². The van der Waals surface area contributed by atoms with E-state index in [-0.39, 0.29) is 18.1 Å². The lowest BCUT2D eigenvalue weighted by Crippen LogP contribution is -2.16. The van der Waals surface area contributed by atoms with Crippen LogP contribution in [0.4, 0.5) is 11.5 Å². The lowest BCUT2D eigenvalue weighted by molar-refractivity contribution is -0.384. The van der Waals surface area contributed by atoms with Crippen LogP contribution in [0.1, 0.15) is 6.92 Å². The van der Waals surface area contributed by atoms with Gasteiger partial charge in [-0.3, -0.25) is 10.1 Å². The van der Waals surface area contributed by atoms with Crippen molar-refractivity contribution in [1.29, 1.82) is 0 Å². The van der Waals surface area contributed by atoms with Crippen LogP contribution in [0.5, 0.6) is 0 Å². The molecule has 1 rings (SSSR count). The number of anilines is 1. The molecule has 0 aromatic carbocycles. The fourth-order valence-electron chi connectivity index (χ4n) is 0.925. The van der Waals surface area contributed by atoms with E-state index in [1.54, 1.807) is 6.92 Å². The molecule has 1 heterocycles. The summed E-state index contributed by atoms with van der Waals surface area (Å²) >= 11 is 0. The van der Waals surface area contributed by atoms with Crippen molar-refractivity contribution < 1.29 is 10.0 Å². The maximum Gasteiger partial charge on any atom is 0.311 e.